The van der Waals surface area contributed by atoms with Crippen LogP contribution >= 0.6 is 11.3 Å². The molecule has 0 saturated carbocycles. The molecule has 0 unspecified atom stereocenters. The van der Waals surface area contributed by atoms with Gasteiger partial charge in [-0.2, -0.15) is 0 Å². The van der Waals surface area contributed by atoms with Crippen LogP contribution in [0.3, 0.4) is 0 Å². The summed E-state index contributed by atoms with van der Waals surface area (Å²) in [4.78, 5) is 25.8. The van der Waals surface area contributed by atoms with E-state index >= 15 is 0 Å². The van der Waals surface area contributed by atoms with Crippen LogP contribution in [0.15, 0.2) is 24.5 Å². The Morgan fingerprint density at radius 1 is 1.33 bits per heavy atom. The molecule has 1 aliphatic rings. The zero-order chi connectivity index (χ0) is 16.9. The predicted octanol–water partition coefficient (Wildman–Crippen LogP) is 2.56. The van der Waals surface area contributed by atoms with Crippen LogP contribution < -0.4 is 0 Å². The number of aromatic nitrogens is 2. The standard InChI is InChI=1S/C18H23N3O2S/c1-13-3-5-16(24-13)11-18(22)21-9-10-23-12-15(21)4-6-17-14(2)19-7-8-20-17/h3,5,7-8,15H,4,6,9-12H2,1-2H3/t15-/m1/s1. The predicted molar refractivity (Wildman–Crippen MR) is 94.2 cm³/mol. The summed E-state index contributed by atoms with van der Waals surface area (Å²) in [6, 6.07) is 4.24. The number of nitrogens with zero attached hydrogens (tertiary/aromatic N) is 3. The third kappa shape index (κ3) is 4.19. The SMILES string of the molecule is Cc1ccc(CC(=O)N2CCOC[C@H]2CCc2nccnc2C)s1. The summed E-state index contributed by atoms with van der Waals surface area (Å²) >= 11 is 1.70. The molecule has 3 heterocycles. The highest BCUT2D eigenvalue weighted by molar-refractivity contribution is 7.12. The number of hydrogen-bond acceptors (Lipinski definition) is 5. The Labute approximate surface area is 146 Å². The lowest BCUT2D eigenvalue weighted by atomic mass is 10.1. The maximum Gasteiger partial charge on any atom is 0.228 e. The summed E-state index contributed by atoms with van der Waals surface area (Å²) in [6.07, 6.45) is 5.59. The number of carbonyl (C=O) groups is 1. The van der Waals surface area contributed by atoms with Crippen LogP contribution in [0.4, 0.5) is 0 Å². The Balaban J connectivity index is 1.62. The molecular formula is C18H23N3O2S. The van der Waals surface area contributed by atoms with E-state index in [1.807, 2.05) is 11.8 Å². The number of carbonyl (C=O) groups excluding carboxylic acids is 1. The molecule has 128 valence electrons. The van der Waals surface area contributed by atoms with Gasteiger partial charge in [0.25, 0.3) is 0 Å². The van der Waals surface area contributed by atoms with Gasteiger partial charge in [0.05, 0.1) is 37.1 Å². The molecule has 2 aromatic heterocycles. The van der Waals surface area contributed by atoms with Gasteiger partial charge >= 0.3 is 0 Å². The summed E-state index contributed by atoms with van der Waals surface area (Å²) in [7, 11) is 0. The summed E-state index contributed by atoms with van der Waals surface area (Å²) in [5, 5.41) is 0. The molecule has 6 heteroatoms. The lowest BCUT2D eigenvalue weighted by Crippen LogP contribution is -2.49. The first-order valence-corrected chi connectivity index (χ1v) is 9.14. The van der Waals surface area contributed by atoms with Crippen molar-refractivity contribution in [1.29, 1.82) is 0 Å². The minimum atomic E-state index is 0.119. The van der Waals surface area contributed by atoms with Crippen LogP contribution in [-0.4, -0.2) is 46.6 Å². The molecule has 5 nitrogen and oxygen atoms in total. The van der Waals surface area contributed by atoms with Gasteiger partial charge in [0.1, 0.15) is 0 Å². The molecule has 2 aromatic rings. The maximum atomic E-state index is 12.7. The van der Waals surface area contributed by atoms with Gasteiger partial charge in [0.15, 0.2) is 0 Å². The van der Waals surface area contributed by atoms with Crippen LogP contribution in [0.25, 0.3) is 0 Å². The second-order valence-corrected chi connectivity index (χ2v) is 7.50. The van der Waals surface area contributed by atoms with Crippen LogP contribution in [0.1, 0.15) is 27.6 Å². The highest BCUT2D eigenvalue weighted by Crippen LogP contribution is 2.19. The van der Waals surface area contributed by atoms with Gasteiger partial charge in [0, 0.05) is 28.7 Å². The van der Waals surface area contributed by atoms with Gasteiger partial charge in [-0.15, -0.1) is 11.3 Å². The van der Waals surface area contributed by atoms with Crippen molar-refractivity contribution >= 4 is 17.2 Å². The molecule has 3 rings (SSSR count). The maximum absolute atomic E-state index is 12.7. The van der Waals surface area contributed by atoms with Crippen molar-refractivity contribution < 1.29 is 9.53 Å². The van der Waals surface area contributed by atoms with E-state index in [1.165, 1.54) is 4.88 Å². The van der Waals surface area contributed by atoms with Crippen molar-refractivity contribution in [3.63, 3.8) is 0 Å². The molecule has 0 aromatic carbocycles. The van der Waals surface area contributed by atoms with Crippen molar-refractivity contribution in [2.45, 2.75) is 39.2 Å². The van der Waals surface area contributed by atoms with Gasteiger partial charge in [-0.05, 0) is 38.8 Å². The van der Waals surface area contributed by atoms with E-state index < -0.39 is 0 Å². The lowest BCUT2D eigenvalue weighted by Gasteiger charge is -2.35. The van der Waals surface area contributed by atoms with Gasteiger partial charge in [-0.3, -0.25) is 14.8 Å². The zero-order valence-corrected chi connectivity index (χ0v) is 15.0. The minimum Gasteiger partial charge on any atom is -0.377 e. The van der Waals surface area contributed by atoms with E-state index in [2.05, 4.69) is 29.0 Å². The highest BCUT2D eigenvalue weighted by Gasteiger charge is 2.27. The smallest absolute Gasteiger partial charge is 0.228 e. The summed E-state index contributed by atoms with van der Waals surface area (Å²) in [5.74, 6) is 0.195. The summed E-state index contributed by atoms with van der Waals surface area (Å²) in [5.41, 5.74) is 1.96. The Morgan fingerprint density at radius 2 is 2.17 bits per heavy atom. The lowest BCUT2D eigenvalue weighted by molar-refractivity contribution is -0.139. The first kappa shape index (κ1) is 17.0. The fourth-order valence-electron chi connectivity index (χ4n) is 3.04. The number of hydrogen-bond donors (Lipinski definition) is 0. The fraction of sp³-hybridized carbons (Fsp3) is 0.500. The third-order valence-corrected chi connectivity index (χ3v) is 5.37. The molecule has 1 fully saturated rings. The van der Waals surface area contributed by atoms with Crippen LogP contribution in [-0.2, 0) is 22.4 Å². The van der Waals surface area contributed by atoms with E-state index in [9.17, 15) is 4.79 Å². The Hall–Kier alpha value is -1.79. The van der Waals surface area contributed by atoms with E-state index in [4.69, 9.17) is 4.74 Å². The quantitative estimate of drug-likeness (QED) is 0.836. The third-order valence-electron chi connectivity index (χ3n) is 4.37. The average Bonchev–Trinajstić information content (AvgIpc) is 2.99. The first-order valence-electron chi connectivity index (χ1n) is 8.32. The molecule has 24 heavy (non-hydrogen) atoms. The summed E-state index contributed by atoms with van der Waals surface area (Å²) in [6.45, 7) is 5.94. The van der Waals surface area contributed by atoms with Crippen molar-refractivity contribution in [2.24, 2.45) is 0 Å². The molecular weight excluding hydrogens is 322 g/mol. The van der Waals surface area contributed by atoms with Gasteiger partial charge in [-0.25, -0.2) is 0 Å². The second kappa shape index (κ2) is 7.85. The topological polar surface area (TPSA) is 55.3 Å². The normalized spacial score (nSPS) is 17.9. The molecule has 0 N–H and O–H groups in total. The molecule has 0 aliphatic carbocycles. The molecule has 0 spiro atoms. The first-order chi connectivity index (χ1) is 11.6. The molecule has 1 saturated heterocycles. The molecule has 1 aliphatic heterocycles. The van der Waals surface area contributed by atoms with Crippen molar-refractivity contribution in [1.82, 2.24) is 14.9 Å². The molecule has 0 radical (unpaired) electrons. The summed E-state index contributed by atoms with van der Waals surface area (Å²) < 4.78 is 5.61. The molecule has 0 bridgehead atoms. The monoisotopic (exact) mass is 345 g/mol. The van der Waals surface area contributed by atoms with E-state index in [-0.39, 0.29) is 11.9 Å². The Kier molecular flexibility index (Phi) is 5.58. The number of morpholine rings is 1. The molecule has 1 amide bonds. The van der Waals surface area contributed by atoms with E-state index in [0.717, 1.165) is 29.1 Å². The van der Waals surface area contributed by atoms with Gasteiger partial charge < -0.3 is 9.64 Å². The van der Waals surface area contributed by atoms with Crippen molar-refractivity contribution in [3.8, 4) is 0 Å². The highest BCUT2D eigenvalue weighted by atomic mass is 32.1. The van der Waals surface area contributed by atoms with E-state index in [0.29, 0.717) is 26.2 Å². The zero-order valence-electron chi connectivity index (χ0n) is 14.2. The van der Waals surface area contributed by atoms with Crippen molar-refractivity contribution in [3.05, 3.63) is 45.7 Å². The number of thiophene rings is 1. The van der Waals surface area contributed by atoms with Crippen LogP contribution in [0.2, 0.25) is 0 Å². The van der Waals surface area contributed by atoms with Crippen LogP contribution in [0, 0.1) is 13.8 Å². The number of ether oxygens (including phenoxy) is 1. The molecule has 1 atom stereocenters. The van der Waals surface area contributed by atoms with Crippen LogP contribution in [0.5, 0.6) is 0 Å². The number of amides is 1. The largest absolute Gasteiger partial charge is 0.377 e. The van der Waals surface area contributed by atoms with Gasteiger partial charge in [-0.1, -0.05) is 0 Å². The van der Waals surface area contributed by atoms with E-state index in [1.54, 1.807) is 23.7 Å². The minimum absolute atomic E-state index is 0.119. The average molecular weight is 345 g/mol. The Morgan fingerprint density at radius 3 is 2.92 bits per heavy atom. The van der Waals surface area contributed by atoms with Gasteiger partial charge in [0.2, 0.25) is 5.91 Å². The number of rotatable bonds is 5. The number of aryl methyl sites for hydroxylation is 3. The van der Waals surface area contributed by atoms with Crippen molar-refractivity contribution in [2.75, 3.05) is 19.8 Å². The second-order valence-electron chi connectivity index (χ2n) is 6.13. The fourth-order valence-corrected chi connectivity index (χ4v) is 3.92. The Bertz CT molecular complexity index is 701.